The minimum absolute atomic E-state index is 0.314. The lowest BCUT2D eigenvalue weighted by atomic mass is 10.1. The Morgan fingerprint density at radius 1 is 0.913 bits per heavy atom. The molecule has 0 bridgehead atoms. The number of carboxylic acids is 1. The number of hydrogen-bond donors (Lipinski definition) is 1. The van der Waals surface area contributed by atoms with E-state index in [-0.39, 0.29) is 0 Å². The summed E-state index contributed by atoms with van der Waals surface area (Å²) in [6.07, 6.45) is 8.91. The van der Waals surface area contributed by atoms with E-state index >= 15 is 0 Å². The molecule has 0 aliphatic heterocycles. The van der Waals surface area contributed by atoms with Crippen molar-refractivity contribution < 1.29 is 14.6 Å². The normalized spacial score (nSPS) is 10.8. The van der Waals surface area contributed by atoms with E-state index in [0.717, 1.165) is 29.5 Å². The van der Waals surface area contributed by atoms with Crippen molar-refractivity contribution in [2.75, 3.05) is 6.61 Å². The summed E-state index contributed by atoms with van der Waals surface area (Å²) in [6.45, 7) is 2.98. The molecule has 1 N–H and O–H groups in total. The van der Waals surface area contributed by atoms with Gasteiger partial charge in [-0.1, -0.05) is 57.6 Å². The maximum atomic E-state index is 11.0. The molecule has 0 aliphatic rings. The molecule has 0 aliphatic carbocycles. The fraction of sp³-hybridized carbons (Fsp3) is 0.450. The standard InChI is InChI=1S/C20H26O3/c1-2-3-4-5-6-7-8-13-23-19-12-11-16-14-18(20(21)22)10-9-17(16)15-19/h9-12,14-15H,2-8,13H2,1H3,(H,21,22). The van der Waals surface area contributed by atoms with Gasteiger partial charge < -0.3 is 9.84 Å². The molecule has 0 saturated carbocycles. The summed E-state index contributed by atoms with van der Waals surface area (Å²) in [5.74, 6) is -0.0438. The van der Waals surface area contributed by atoms with Gasteiger partial charge in [-0.05, 0) is 41.5 Å². The average Bonchev–Trinajstić information content (AvgIpc) is 2.56. The minimum Gasteiger partial charge on any atom is -0.494 e. The number of carboxylic acid groups (broad SMARTS) is 1. The van der Waals surface area contributed by atoms with Gasteiger partial charge in [0.2, 0.25) is 0 Å². The van der Waals surface area contributed by atoms with Crippen LogP contribution in [-0.4, -0.2) is 17.7 Å². The first-order valence-electron chi connectivity index (χ1n) is 8.60. The fourth-order valence-corrected chi connectivity index (χ4v) is 2.70. The van der Waals surface area contributed by atoms with Gasteiger partial charge in [-0.25, -0.2) is 4.79 Å². The first-order chi connectivity index (χ1) is 11.2. The third-order valence-electron chi connectivity index (χ3n) is 4.08. The highest BCUT2D eigenvalue weighted by molar-refractivity contribution is 5.94. The minimum atomic E-state index is -0.897. The molecule has 2 rings (SSSR count). The van der Waals surface area contributed by atoms with Crippen molar-refractivity contribution in [2.24, 2.45) is 0 Å². The van der Waals surface area contributed by atoms with E-state index in [4.69, 9.17) is 9.84 Å². The number of rotatable bonds is 10. The molecule has 0 heterocycles. The number of benzene rings is 2. The van der Waals surface area contributed by atoms with Crippen molar-refractivity contribution in [1.82, 2.24) is 0 Å². The zero-order valence-electron chi connectivity index (χ0n) is 13.9. The summed E-state index contributed by atoms with van der Waals surface area (Å²) in [7, 11) is 0. The van der Waals surface area contributed by atoms with Crippen LogP contribution >= 0.6 is 0 Å². The lowest BCUT2D eigenvalue weighted by Gasteiger charge is -2.08. The second kappa shape index (κ2) is 9.19. The van der Waals surface area contributed by atoms with Crippen LogP contribution in [0.25, 0.3) is 10.8 Å². The molecule has 23 heavy (non-hydrogen) atoms. The average molecular weight is 314 g/mol. The van der Waals surface area contributed by atoms with Gasteiger partial charge in [-0.15, -0.1) is 0 Å². The highest BCUT2D eigenvalue weighted by Crippen LogP contribution is 2.22. The lowest BCUT2D eigenvalue weighted by molar-refractivity contribution is 0.0697. The van der Waals surface area contributed by atoms with Crippen molar-refractivity contribution >= 4 is 16.7 Å². The molecular weight excluding hydrogens is 288 g/mol. The number of fused-ring (bicyclic) bond motifs is 1. The van der Waals surface area contributed by atoms with Crippen LogP contribution in [-0.2, 0) is 0 Å². The predicted molar refractivity (Wildman–Crippen MR) is 94.4 cm³/mol. The molecule has 3 nitrogen and oxygen atoms in total. The fourth-order valence-electron chi connectivity index (χ4n) is 2.70. The van der Waals surface area contributed by atoms with Crippen LogP contribution in [0.3, 0.4) is 0 Å². The van der Waals surface area contributed by atoms with Crippen LogP contribution in [0.4, 0.5) is 0 Å². The first-order valence-corrected chi connectivity index (χ1v) is 8.60. The van der Waals surface area contributed by atoms with E-state index in [1.807, 2.05) is 24.3 Å². The SMILES string of the molecule is CCCCCCCCCOc1ccc2cc(C(=O)O)ccc2c1. The Morgan fingerprint density at radius 2 is 1.57 bits per heavy atom. The van der Waals surface area contributed by atoms with Gasteiger partial charge in [0, 0.05) is 0 Å². The molecule has 0 saturated heterocycles. The number of carbonyl (C=O) groups is 1. The van der Waals surface area contributed by atoms with Gasteiger partial charge >= 0.3 is 5.97 Å². The van der Waals surface area contributed by atoms with Crippen LogP contribution in [0.5, 0.6) is 5.75 Å². The second-order valence-electron chi connectivity index (χ2n) is 6.00. The van der Waals surface area contributed by atoms with Crippen LogP contribution in [0.15, 0.2) is 36.4 Å². The molecule has 0 aromatic heterocycles. The van der Waals surface area contributed by atoms with E-state index in [0.29, 0.717) is 5.56 Å². The van der Waals surface area contributed by atoms with E-state index in [9.17, 15) is 4.79 Å². The van der Waals surface area contributed by atoms with E-state index in [2.05, 4.69) is 6.92 Å². The largest absolute Gasteiger partial charge is 0.494 e. The van der Waals surface area contributed by atoms with E-state index in [1.54, 1.807) is 12.1 Å². The molecule has 0 unspecified atom stereocenters. The Hall–Kier alpha value is -2.03. The van der Waals surface area contributed by atoms with Gasteiger partial charge in [-0.2, -0.15) is 0 Å². The summed E-state index contributed by atoms with van der Waals surface area (Å²) in [6, 6.07) is 11.0. The van der Waals surface area contributed by atoms with E-state index < -0.39 is 5.97 Å². The quantitative estimate of drug-likeness (QED) is 0.575. The molecule has 0 fully saturated rings. The van der Waals surface area contributed by atoms with Gasteiger partial charge in [0.25, 0.3) is 0 Å². The third-order valence-corrected chi connectivity index (χ3v) is 4.08. The summed E-state index contributed by atoms with van der Waals surface area (Å²) in [5, 5.41) is 10.9. The van der Waals surface area contributed by atoms with Gasteiger partial charge in [0.05, 0.1) is 12.2 Å². The molecule has 0 atom stereocenters. The predicted octanol–water partition coefficient (Wildman–Crippen LogP) is 5.67. The maximum Gasteiger partial charge on any atom is 0.335 e. The number of unbranched alkanes of at least 4 members (excludes halogenated alkanes) is 6. The Balaban J connectivity index is 1.78. The Kier molecular flexibility index (Phi) is 6.92. The van der Waals surface area contributed by atoms with Crippen LogP contribution in [0.2, 0.25) is 0 Å². The summed E-state index contributed by atoms with van der Waals surface area (Å²) < 4.78 is 5.80. The topological polar surface area (TPSA) is 46.5 Å². The molecule has 2 aromatic carbocycles. The highest BCUT2D eigenvalue weighted by atomic mass is 16.5. The zero-order valence-corrected chi connectivity index (χ0v) is 13.9. The highest BCUT2D eigenvalue weighted by Gasteiger charge is 2.04. The maximum absolute atomic E-state index is 11.0. The molecule has 3 heteroatoms. The molecule has 0 amide bonds. The summed E-state index contributed by atoms with van der Waals surface area (Å²) >= 11 is 0. The van der Waals surface area contributed by atoms with Crippen molar-refractivity contribution in [3.63, 3.8) is 0 Å². The summed E-state index contributed by atoms with van der Waals surface area (Å²) in [4.78, 5) is 11.0. The Labute approximate surface area is 138 Å². The third kappa shape index (κ3) is 5.59. The molecular formula is C20H26O3. The van der Waals surface area contributed by atoms with Crippen LogP contribution in [0, 0.1) is 0 Å². The number of ether oxygens (including phenoxy) is 1. The van der Waals surface area contributed by atoms with Crippen molar-refractivity contribution in [2.45, 2.75) is 51.9 Å². The lowest BCUT2D eigenvalue weighted by Crippen LogP contribution is -1.98. The van der Waals surface area contributed by atoms with Crippen LogP contribution < -0.4 is 4.74 Å². The summed E-state index contributed by atoms with van der Waals surface area (Å²) in [5.41, 5.74) is 0.314. The number of hydrogen-bond acceptors (Lipinski definition) is 2. The van der Waals surface area contributed by atoms with Crippen molar-refractivity contribution in [3.8, 4) is 5.75 Å². The molecule has 124 valence electrons. The van der Waals surface area contributed by atoms with E-state index in [1.165, 1.54) is 38.5 Å². The van der Waals surface area contributed by atoms with Crippen molar-refractivity contribution in [1.29, 1.82) is 0 Å². The van der Waals surface area contributed by atoms with Gasteiger partial charge in [0.15, 0.2) is 0 Å². The number of aromatic carboxylic acids is 1. The van der Waals surface area contributed by atoms with Gasteiger partial charge in [0.1, 0.15) is 5.75 Å². The Morgan fingerprint density at radius 3 is 2.30 bits per heavy atom. The first kappa shape index (κ1) is 17.3. The molecule has 2 aromatic rings. The van der Waals surface area contributed by atoms with Gasteiger partial charge in [-0.3, -0.25) is 0 Å². The van der Waals surface area contributed by atoms with Crippen LogP contribution in [0.1, 0.15) is 62.2 Å². The molecule has 0 spiro atoms. The monoisotopic (exact) mass is 314 g/mol. The van der Waals surface area contributed by atoms with Crippen molar-refractivity contribution in [3.05, 3.63) is 42.0 Å². The zero-order chi connectivity index (χ0) is 16.5. The second-order valence-corrected chi connectivity index (χ2v) is 6.00. The Bertz CT molecular complexity index is 634. The smallest absolute Gasteiger partial charge is 0.335 e. The molecule has 0 radical (unpaired) electrons.